The highest BCUT2D eigenvalue weighted by Crippen LogP contribution is 2.56. The van der Waals surface area contributed by atoms with Gasteiger partial charge in [-0.05, 0) is 31.2 Å². The summed E-state index contributed by atoms with van der Waals surface area (Å²) in [6.45, 7) is -0.564. The number of amides is 2. The number of nitrogens with zero attached hydrogens (tertiary/aromatic N) is 3. The van der Waals surface area contributed by atoms with Gasteiger partial charge in [0.25, 0.3) is 5.91 Å². The van der Waals surface area contributed by atoms with Crippen LogP contribution in [0.5, 0.6) is 0 Å². The standard InChI is InChI=1S/C20H23F3N6O5/c1-29-14(2-11(28-29)8-33-20(21,22)23)17(30)24-16-4-13(26-27-16)15-3-12(9-32-15)34-18(31)25-19-5-10(6-19)7-19/h2,4,10,12,15H,3,5-9H2,1H3,(H,25,31)(H2,24,26,27,30). The molecule has 0 radical (unpaired) electrons. The van der Waals surface area contributed by atoms with Gasteiger partial charge in [-0.2, -0.15) is 10.2 Å². The van der Waals surface area contributed by atoms with Gasteiger partial charge in [-0.15, -0.1) is 13.2 Å². The van der Waals surface area contributed by atoms with Crippen molar-refractivity contribution in [3.05, 3.63) is 29.2 Å². The number of carbonyl (C=O) groups is 2. The first kappa shape index (κ1) is 22.7. The molecular formula is C20H23F3N6O5. The lowest BCUT2D eigenvalue weighted by atomic mass is 9.50. The molecule has 11 nitrogen and oxygen atoms in total. The first-order valence-electron chi connectivity index (χ1n) is 10.8. The summed E-state index contributed by atoms with van der Waals surface area (Å²) in [5.74, 6) is 0.339. The van der Waals surface area contributed by atoms with Gasteiger partial charge < -0.3 is 20.1 Å². The summed E-state index contributed by atoms with van der Waals surface area (Å²) < 4.78 is 52.7. The molecule has 2 aromatic rings. The van der Waals surface area contributed by atoms with Crippen LogP contribution in [-0.4, -0.2) is 56.6 Å². The molecule has 2 amide bonds. The van der Waals surface area contributed by atoms with Crippen LogP contribution in [0.25, 0.3) is 0 Å². The molecule has 34 heavy (non-hydrogen) atoms. The van der Waals surface area contributed by atoms with E-state index < -0.39 is 37.2 Å². The zero-order valence-electron chi connectivity index (χ0n) is 18.1. The minimum Gasteiger partial charge on any atom is -0.444 e. The van der Waals surface area contributed by atoms with Gasteiger partial charge >= 0.3 is 12.5 Å². The highest BCUT2D eigenvalue weighted by atomic mass is 19.4. The van der Waals surface area contributed by atoms with E-state index in [0.717, 1.165) is 29.9 Å². The Labute approximate surface area is 191 Å². The van der Waals surface area contributed by atoms with Crippen molar-refractivity contribution >= 4 is 17.8 Å². The first-order valence-corrected chi connectivity index (χ1v) is 10.8. The van der Waals surface area contributed by atoms with E-state index in [2.05, 4.69) is 30.7 Å². The molecule has 0 aromatic carbocycles. The molecule has 2 bridgehead atoms. The van der Waals surface area contributed by atoms with Crippen LogP contribution in [0.4, 0.5) is 23.8 Å². The van der Waals surface area contributed by atoms with Gasteiger partial charge in [-0.25, -0.2) is 4.79 Å². The van der Waals surface area contributed by atoms with Gasteiger partial charge in [0.1, 0.15) is 24.5 Å². The number of ether oxygens (including phenoxy) is 3. The maximum Gasteiger partial charge on any atom is 0.522 e. The molecule has 2 aromatic heterocycles. The number of alkyl halides is 3. The summed E-state index contributed by atoms with van der Waals surface area (Å²) in [5, 5.41) is 16.2. The molecular weight excluding hydrogens is 461 g/mol. The Morgan fingerprint density at radius 3 is 2.76 bits per heavy atom. The van der Waals surface area contributed by atoms with Gasteiger partial charge in [0.2, 0.25) is 0 Å². The highest BCUT2D eigenvalue weighted by Gasteiger charge is 2.57. The van der Waals surface area contributed by atoms with Crippen molar-refractivity contribution in [2.75, 3.05) is 11.9 Å². The number of H-pyrrole nitrogens is 1. The smallest absolute Gasteiger partial charge is 0.444 e. The van der Waals surface area contributed by atoms with E-state index in [0.29, 0.717) is 12.1 Å². The van der Waals surface area contributed by atoms with Crippen molar-refractivity contribution in [2.45, 2.75) is 56.4 Å². The summed E-state index contributed by atoms with van der Waals surface area (Å²) in [7, 11) is 1.43. The average molecular weight is 484 g/mol. The fourth-order valence-corrected chi connectivity index (χ4v) is 4.64. The molecule has 3 saturated carbocycles. The summed E-state index contributed by atoms with van der Waals surface area (Å²) in [4.78, 5) is 24.6. The third-order valence-electron chi connectivity index (χ3n) is 6.37. The number of aromatic amines is 1. The first-order chi connectivity index (χ1) is 16.1. The Bertz CT molecular complexity index is 1080. The number of halogens is 3. The zero-order chi connectivity index (χ0) is 24.1. The van der Waals surface area contributed by atoms with Crippen LogP contribution < -0.4 is 10.6 Å². The number of carbonyl (C=O) groups excluding carboxylic acids is 2. The molecule has 0 spiro atoms. The van der Waals surface area contributed by atoms with Crippen molar-refractivity contribution in [3.63, 3.8) is 0 Å². The number of rotatable bonds is 7. The van der Waals surface area contributed by atoms with Crippen LogP contribution in [0.2, 0.25) is 0 Å². The van der Waals surface area contributed by atoms with Crippen LogP contribution >= 0.6 is 0 Å². The normalized spacial score (nSPS) is 27.6. The lowest BCUT2D eigenvalue weighted by Gasteiger charge is -2.61. The van der Waals surface area contributed by atoms with E-state index in [1.165, 1.54) is 13.1 Å². The summed E-state index contributed by atoms with van der Waals surface area (Å²) in [6.07, 6.45) is -2.51. The van der Waals surface area contributed by atoms with E-state index in [4.69, 9.17) is 9.47 Å². The van der Waals surface area contributed by atoms with Crippen LogP contribution in [0.1, 0.15) is 53.7 Å². The summed E-state index contributed by atoms with van der Waals surface area (Å²) >= 11 is 0. The predicted octanol–water partition coefficient (Wildman–Crippen LogP) is 2.54. The Hall–Kier alpha value is -3.13. The quantitative estimate of drug-likeness (QED) is 0.550. The van der Waals surface area contributed by atoms with Gasteiger partial charge in [-0.3, -0.25) is 19.3 Å². The lowest BCUT2D eigenvalue weighted by molar-refractivity contribution is -0.330. The maximum atomic E-state index is 12.5. The molecule has 1 aliphatic heterocycles. The van der Waals surface area contributed by atoms with Gasteiger partial charge in [0.15, 0.2) is 5.82 Å². The Morgan fingerprint density at radius 1 is 1.32 bits per heavy atom. The molecule has 2 unspecified atom stereocenters. The van der Waals surface area contributed by atoms with Crippen molar-refractivity contribution in [3.8, 4) is 0 Å². The van der Waals surface area contributed by atoms with E-state index >= 15 is 0 Å². The molecule has 4 fully saturated rings. The Balaban J connectivity index is 1.12. The minimum absolute atomic E-state index is 0.0330. The number of anilines is 1. The zero-order valence-corrected chi connectivity index (χ0v) is 18.1. The summed E-state index contributed by atoms with van der Waals surface area (Å²) in [6, 6.07) is 2.78. The molecule has 4 aliphatic rings. The fraction of sp³-hybridized carbons (Fsp3) is 0.600. The Kier molecular flexibility index (Phi) is 5.51. The number of aryl methyl sites for hydroxylation is 1. The van der Waals surface area contributed by atoms with Crippen molar-refractivity contribution in [1.82, 2.24) is 25.3 Å². The maximum absolute atomic E-state index is 12.5. The molecule has 3 N–H and O–H groups in total. The number of aromatic nitrogens is 4. The second-order valence-corrected chi connectivity index (χ2v) is 9.01. The fourth-order valence-electron chi connectivity index (χ4n) is 4.64. The van der Waals surface area contributed by atoms with E-state index in [1.54, 1.807) is 6.07 Å². The molecule has 3 aliphatic carbocycles. The second-order valence-electron chi connectivity index (χ2n) is 9.01. The third kappa shape index (κ3) is 4.73. The number of hydrogen-bond donors (Lipinski definition) is 3. The topological polar surface area (TPSA) is 132 Å². The van der Waals surface area contributed by atoms with Crippen LogP contribution in [0.15, 0.2) is 12.1 Å². The van der Waals surface area contributed by atoms with Crippen molar-refractivity contribution in [1.29, 1.82) is 0 Å². The SMILES string of the molecule is Cn1nc(COC(F)(F)F)cc1C(=O)Nc1cc(C2CC(OC(=O)NC34CC(C3)C4)CO2)[nH]n1. The van der Waals surface area contributed by atoms with Crippen LogP contribution in [0, 0.1) is 5.92 Å². The average Bonchev–Trinajstić information content (AvgIpc) is 3.41. The summed E-state index contributed by atoms with van der Waals surface area (Å²) in [5.41, 5.74) is 0.518. The second kappa shape index (κ2) is 8.27. The number of nitrogens with one attached hydrogen (secondary N) is 3. The van der Waals surface area contributed by atoms with Crippen molar-refractivity contribution < 1.29 is 37.0 Å². The minimum atomic E-state index is -4.79. The molecule has 14 heteroatoms. The van der Waals surface area contributed by atoms with E-state index in [1.807, 2.05) is 0 Å². The molecule has 3 heterocycles. The largest absolute Gasteiger partial charge is 0.522 e. The van der Waals surface area contributed by atoms with Gasteiger partial charge in [-0.1, -0.05) is 0 Å². The predicted molar refractivity (Wildman–Crippen MR) is 107 cm³/mol. The molecule has 2 atom stereocenters. The van der Waals surface area contributed by atoms with Gasteiger partial charge in [0, 0.05) is 25.1 Å². The highest BCUT2D eigenvalue weighted by molar-refractivity contribution is 6.02. The number of alkyl carbamates (subject to hydrolysis) is 1. The Morgan fingerprint density at radius 2 is 2.09 bits per heavy atom. The molecule has 1 saturated heterocycles. The third-order valence-corrected chi connectivity index (χ3v) is 6.37. The van der Waals surface area contributed by atoms with E-state index in [9.17, 15) is 22.8 Å². The molecule has 6 rings (SSSR count). The van der Waals surface area contributed by atoms with Gasteiger partial charge in [0.05, 0.1) is 18.0 Å². The molecule has 184 valence electrons. The number of hydrogen-bond acceptors (Lipinski definition) is 7. The van der Waals surface area contributed by atoms with Crippen molar-refractivity contribution in [2.24, 2.45) is 13.0 Å². The lowest BCUT2D eigenvalue weighted by Crippen LogP contribution is -2.68. The monoisotopic (exact) mass is 484 g/mol. The van der Waals surface area contributed by atoms with Crippen LogP contribution in [0.3, 0.4) is 0 Å². The van der Waals surface area contributed by atoms with E-state index in [-0.39, 0.29) is 29.4 Å². The van der Waals surface area contributed by atoms with Crippen LogP contribution in [-0.2, 0) is 27.9 Å².